The van der Waals surface area contributed by atoms with Crippen LogP contribution in [0.5, 0.6) is 11.5 Å². The van der Waals surface area contributed by atoms with Crippen molar-refractivity contribution in [2.75, 3.05) is 6.61 Å². The van der Waals surface area contributed by atoms with Crippen LogP contribution in [-0.2, 0) is 16.7 Å². The molecule has 0 spiro atoms. The Bertz CT molecular complexity index is 1890. The van der Waals surface area contributed by atoms with E-state index in [9.17, 15) is 9.59 Å². The molecule has 2 aromatic heterocycles. The van der Waals surface area contributed by atoms with E-state index >= 15 is 0 Å². The van der Waals surface area contributed by atoms with Crippen molar-refractivity contribution in [3.05, 3.63) is 139 Å². The molecule has 49 heavy (non-hydrogen) atoms. The van der Waals surface area contributed by atoms with Gasteiger partial charge >= 0.3 is 11.9 Å². The number of phenols is 1. The van der Waals surface area contributed by atoms with Crippen LogP contribution in [0.2, 0.25) is 10.0 Å². The van der Waals surface area contributed by atoms with Gasteiger partial charge in [-0.3, -0.25) is 0 Å². The Morgan fingerprint density at radius 2 is 1.16 bits per heavy atom. The van der Waals surface area contributed by atoms with E-state index in [0.29, 0.717) is 33.4 Å². The number of carbonyl (C=O) groups excluding carboxylic acids is 1. The van der Waals surface area contributed by atoms with E-state index in [0.717, 1.165) is 32.3 Å². The number of aromatic nitrogens is 2. The maximum absolute atomic E-state index is 11.1. The van der Waals surface area contributed by atoms with Gasteiger partial charge in [0, 0.05) is 20.8 Å². The lowest BCUT2D eigenvalue weighted by Crippen LogP contribution is -2.04. The number of carbonyl (C=O) groups is 2. The molecule has 6 aromatic rings. The van der Waals surface area contributed by atoms with Crippen molar-refractivity contribution < 1.29 is 29.3 Å². The number of esters is 1. The lowest BCUT2D eigenvalue weighted by molar-refractivity contribution is 0.0519. The van der Waals surface area contributed by atoms with E-state index in [1.807, 2.05) is 84.9 Å². The molecule has 2 heterocycles. The van der Waals surface area contributed by atoms with Gasteiger partial charge in [0.25, 0.3) is 0 Å². The zero-order valence-corrected chi connectivity index (χ0v) is 30.6. The van der Waals surface area contributed by atoms with Crippen LogP contribution >= 0.6 is 61.8 Å². The van der Waals surface area contributed by atoms with Gasteiger partial charge in [-0.2, -0.15) is 0 Å². The van der Waals surface area contributed by atoms with Crippen LogP contribution in [-0.4, -0.2) is 38.7 Å². The van der Waals surface area contributed by atoms with E-state index in [4.69, 9.17) is 42.9 Å². The fourth-order valence-electron chi connectivity index (χ4n) is 3.97. The number of halogens is 3. The monoisotopic (exact) mass is 798 g/mol. The Morgan fingerprint density at radius 1 is 0.714 bits per heavy atom. The number of aromatic hydroxyl groups is 1. The number of carboxylic acids is 1. The standard InChI is InChI=1S/C17H12ClNO3S.C12H9ClO.C7H8BrNO2S/c18-13-5-1-11(2-6-13)12-3-7-14(8-4-12)22-9-16-19-15(10-23-16)17(20)21;13-11-5-1-9(2-6-11)10-3-7-12(14)8-4-10;1-2-11-7(10)5-4-12-6(3-8)9-5/h1-8,10H,9H2,(H,20,21);1-8,14H;4H,2-3H2,1H3. The summed E-state index contributed by atoms with van der Waals surface area (Å²) in [7, 11) is 0. The predicted molar refractivity (Wildman–Crippen MR) is 200 cm³/mol. The van der Waals surface area contributed by atoms with Crippen molar-refractivity contribution in [2.45, 2.75) is 18.9 Å². The first-order valence-electron chi connectivity index (χ1n) is 14.5. The quantitative estimate of drug-likeness (QED) is 0.110. The molecule has 0 saturated carbocycles. The van der Waals surface area contributed by atoms with Crippen molar-refractivity contribution in [3.63, 3.8) is 0 Å². The van der Waals surface area contributed by atoms with Gasteiger partial charge in [0.05, 0.1) is 11.9 Å². The van der Waals surface area contributed by atoms with E-state index in [1.54, 1.807) is 24.4 Å². The Morgan fingerprint density at radius 3 is 1.61 bits per heavy atom. The maximum atomic E-state index is 11.1. The Labute approximate surface area is 309 Å². The topological polar surface area (TPSA) is 119 Å². The minimum atomic E-state index is -1.03. The molecule has 2 N–H and O–H groups in total. The minimum absolute atomic E-state index is 0.0479. The normalized spacial score (nSPS) is 10.2. The summed E-state index contributed by atoms with van der Waals surface area (Å²) in [4.78, 5) is 29.9. The third-order valence-corrected chi connectivity index (χ3v) is 9.44. The average Bonchev–Trinajstić information content (AvgIpc) is 3.80. The van der Waals surface area contributed by atoms with E-state index in [1.165, 1.54) is 28.1 Å². The van der Waals surface area contributed by atoms with Gasteiger partial charge in [-0.15, -0.1) is 22.7 Å². The molecular formula is C36H29BrCl2N2O6S2. The van der Waals surface area contributed by atoms with Crippen LogP contribution in [0, 0.1) is 0 Å². The first-order chi connectivity index (χ1) is 23.6. The number of hydrogen-bond donors (Lipinski definition) is 2. The van der Waals surface area contributed by atoms with Gasteiger partial charge in [-0.1, -0.05) is 87.7 Å². The van der Waals surface area contributed by atoms with Crippen molar-refractivity contribution in [1.82, 2.24) is 9.97 Å². The highest BCUT2D eigenvalue weighted by Gasteiger charge is 2.11. The summed E-state index contributed by atoms with van der Waals surface area (Å²) in [5.41, 5.74) is 4.75. The van der Waals surface area contributed by atoms with Crippen LogP contribution in [0.4, 0.5) is 0 Å². The van der Waals surface area contributed by atoms with Gasteiger partial charge in [0.2, 0.25) is 0 Å². The summed E-state index contributed by atoms with van der Waals surface area (Å²) in [6, 6.07) is 30.0. The average molecular weight is 801 g/mol. The van der Waals surface area contributed by atoms with E-state index in [2.05, 4.69) is 25.9 Å². The van der Waals surface area contributed by atoms with Gasteiger partial charge in [-0.05, 0) is 77.7 Å². The number of hydrogen-bond acceptors (Lipinski definition) is 9. The zero-order valence-electron chi connectivity index (χ0n) is 25.9. The maximum Gasteiger partial charge on any atom is 0.357 e. The number of benzene rings is 4. The molecule has 0 radical (unpaired) electrons. The predicted octanol–water partition coefficient (Wildman–Crippen LogP) is 10.7. The molecule has 0 bridgehead atoms. The molecule has 6 rings (SSSR count). The fourth-order valence-corrected chi connectivity index (χ4v) is 6.04. The van der Waals surface area contributed by atoms with Gasteiger partial charge in [0.1, 0.15) is 28.1 Å². The summed E-state index contributed by atoms with van der Waals surface area (Å²) in [6.07, 6.45) is 0. The van der Waals surface area contributed by atoms with Crippen LogP contribution in [0.15, 0.2) is 108 Å². The SMILES string of the molecule is CCOC(=O)c1csc(CBr)n1.O=C(O)c1csc(COc2ccc(-c3ccc(Cl)cc3)cc2)n1.Oc1ccc(-c2ccc(Cl)cc2)cc1. The Kier molecular flexibility index (Phi) is 14.6. The molecule has 252 valence electrons. The molecule has 0 amide bonds. The molecule has 0 aliphatic carbocycles. The first-order valence-corrected chi connectivity index (χ1v) is 18.2. The second kappa shape index (κ2) is 19.1. The number of aromatic carboxylic acids is 1. The van der Waals surface area contributed by atoms with Gasteiger partial charge < -0.3 is 19.7 Å². The van der Waals surface area contributed by atoms with Crippen molar-refractivity contribution in [3.8, 4) is 33.8 Å². The number of rotatable bonds is 9. The summed E-state index contributed by atoms with van der Waals surface area (Å²) < 4.78 is 10.4. The van der Waals surface area contributed by atoms with Crippen LogP contribution in [0.3, 0.4) is 0 Å². The molecule has 8 nitrogen and oxygen atoms in total. The number of phenolic OH excluding ortho intramolecular Hbond substituents is 1. The zero-order chi connectivity index (χ0) is 35.2. The molecule has 0 aliphatic heterocycles. The second-order valence-electron chi connectivity index (χ2n) is 9.79. The largest absolute Gasteiger partial charge is 0.508 e. The number of alkyl halides is 1. The van der Waals surface area contributed by atoms with E-state index < -0.39 is 5.97 Å². The lowest BCUT2D eigenvalue weighted by atomic mass is 10.1. The highest BCUT2D eigenvalue weighted by molar-refractivity contribution is 9.08. The molecular weight excluding hydrogens is 771 g/mol. The summed E-state index contributed by atoms with van der Waals surface area (Å²) in [5, 5.41) is 24.8. The third kappa shape index (κ3) is 12.0. The third-order valence-electron chi connectivity index (χ3n) is 6.36. The minimum Gasteiger partial charge on any atom is -0.508 e. The number of nitrogens with zero attached hydrogens (tertiary/aromatic N) is 2. The molecule has 0 saturated heterocycles. The van der Waals surface area contributed by atoms with Crippen molar-refractivity contribution in [2.24, 2.45) is 0 Å². The molecule has 0 unspecified atom stereocenters. The van der Waals surface area contributed by atoms with Crippen LogP contribution in [0.1, 0.15) is 37.9 Å². The van der Waals surface area contributed by atoms with Crippen molar-refractivity contribution in [1.29, 1.82) is 0 Å². The Balaban J connectivity index is 0.000000178. The molecule has 0 atom stereocenters. The second-order valence-corrected chi connectivity index (χ2v) is 13.1. The molecule has 0 fully saturated rings. The molecule has 13 heteroatoms. The number of ether oxygens (including phenoxy) is 2. The molecule has 0 aliphatic rings. The van der Waals surface area contributed by atoms with Crippen LogP contribution < -0.4 is 4.74 Å². The summed E-state index contributed by atoms with van der Waals surface area (Å²) >= 11 is 17.6. The molecule has 4 aromatic carbocycles. The lowest BCUT2D eigenvalue weighted by Gasteiger charge is -2.06. The van der Waals surface area contributed by atoms with E-state index in [-0.39, 0.29) is 24.0 Å². The number of thiazole rings is 2. The Hall–Kier alpha value is -4.26. The van der Waals surface area contributed by atoms with Gasteiger partial charge in [-0.25, -0.2) is 19.6 Å². The highest BCUT2D eigenvalue weighted by atomic mass is 79.9. The van der Waals surface area contributed by atoms with Crippen molar-refractivity contribution >= 4 is 73.7 Å². The fraction of sp³-hybridized carbons (Fsp3) is 0.111. The summed E-state index contributed by atoms with van der Waals surface area (Å²) in [6.45, 7) is 2.41. The van der Waals surface area contributed by atoms with Crippen LogP contribution in [0.25, 0.3) is 22.3 Å². The smallest absolute Gasteiger partial charge is 0.357 e. The summed E-state index contributed by atoms with van der Waals surface area (Å²) in [5.74, 6) is -0.390. The highest BCUT2D eigenvalue weighted by Crippen LogP contribution is 2.25. The first kappa shape index (κ1) is 37.6. The van der Waals surface area contributed by atoms with Gasteiger partial charge in [0.15, 0.2) is 11.4 Å². The number of carboxylic acid groups (broad SMARTS) is 1.